The topological polar surface area (TPSA) is 112 Å². The van der Waals surface area contributed by atoms with Gasteiger partial charge in [0.1, 0.15) is 11.3 Å². The highest BCUT2D eigenvalue weighted by molar-refractivity contribution is 6.09. The lowest BCUT2D eigenvalue weighted by molar-refractivity contribution is -0.274. The van der Waals surface area contributed by atoms with Crippen LogP contribution in [0.2, 0.25) is 0 Å². The number of amides is 2. The quantitative estimate of drug-likeness (QED) is 0.156. The molecule has 3 aromatic rings. The molecule has 0 aliphatic carbocycles. The number of carboxylic acid groups (broad SMARTS) is 1. The summed E-state index contributed by atoms with van der Waals surface area (Å²) in [7, 11) is 0. The average Bonchev–Trinajstić information content (AvgIpc) is 3.58. The highest BCUT2D eigenvalue weighted by atomic mass is 19.4. The zero-order valence-corrected chi connectivity index (χ0v) is 23.0. The normalized spacial score (nSPS) is 24.2. The van der Waals surface area contributed by atoms with E-state index in [-0.39, 0.29) is 18.5 Å². The number of unbranched alkanes of at least 4 members (excludes halogenated alkanes) is 2. The first-order valence-corrected chi connectivity index (χ1v) is 14.0. The van der Waals surface area contributed by atoms with E-state index in [4.69, 9.17) is 0 Å². The molecular weight excluding hydrogens is 551 g/mol. The van der Waals surface area contributed by atoms with Crippen molar-refractivity contribution in [3.05, 3.63) is 78.0 Å². The van der Waals surface area contributed by atoms with E-state index in [2.05, 4.69) is 22.0 Å². The zero-order chi connectivity index (χ0) is 30.1. The maximum Gasteiger partial charge on any atom is 0.573 e. The molecule has 3 N–H and O–H groups in total. The first-order valence-electron chi connectivity index (χ1n) is 14.0. The number of alkyl halides is 3. The van der Waals surface area contributed by atoms with Gasteiger partial charge in [-0.25, -0.2) is 0 Å². The largest absolute Gasteiger partial charge is 0.573 e. The number of halogens is 3. The first-order chi connectivity index (χ1) is 20.1. The van der Waals surface area contributed by atoms with E-state index in [1.54, 1.807) is 6.20 Å². The Labute approximate surface area is 240 Å². The van der Waals surface area contributed by atoms with Crippen molar-refractivity contribution in [2.24, 2.45) is 11.8 Å². The summed E-state index contributed by atoms with van der Waals surface area (Å²) in [5.74, 6) is -5.40. The van der Waals surface area contributed by atoms with Crippen molar-refractivity contribution in [3.63, 3.8) is 0 Å². The number of aliphatic carboxylic acids is 1. The van der Waals surface area contributed by atoms with Gasteiger partial charge in [0.15, 0.2) is 0 Å². The summed E-state index contributed by atoms with van der Waals surface area (Å²) < 4.78 is 43.0. The standard InChI is InChI=1S/C31H32F3N3O5/c1-2-3-4-5-6-9-15-37-27(38)24-25(28(37)39)30(29(40)41,17-20-18-35-23-14-8-7-13-22(20)23)36-26(24)19-11-10-12-21(16-19)42-31(32,33)34/h5-8,10-14,16,18,24-26,35-36H,2-4,9,15,17H2,1H3,(H,40,41). The summed E-state index contributed by atoms with van der Waals surface area (Å²) in [6, 6.07) is 11.4. The van der Waals surface area contributed by atoms with Crippen LogP contribution in [0.15, 0.2) is 66.9 Å². The van der Waals surface area contributed by atoms with E-state index >= 15 is 0 Å². The number of aromatic nitrogens is 1. The van der Waals surface area contributed by atoms with Crippen LogP contribution >= 0.6 is 0 Å². The van der Waals surface area contributed by atoms with Gasteiger partial charge in [0.2, 0.25) is 11.8 Å². The number of nitrogens with zero attached hydrogens (tertiary/aromatic N) is 1. The molecule has 222 valence electrons. The molecule has 0 radical (unpaired) electrons. The predicted molar refractivity (Wildman–Crippen MR) is 148 cm³/mol. The van der Waals surface area contributed by atoms with E-state index in [1.807, 2.05) is 36.4 Å². The molecule has 3 heterocycles. The number of rotatable bonds is 11. The fraction of sp³-hybridized carbons (Fsp3) is 0.387. The van der Waals surface area contributed by atoms with Gasteiger partial charge >= 0.3 is 12.3 Å². The van der Waals surface area contributed by atoms with Crippen LogP contribution in [0.3, 0.4) is 0 Å². The van der Waals surface area contributed by atoms with Crippen LogP contribution in [0, 0.1) is 11.8 Å². The molecule has 2 saturated heterocycles. The lowest BCUT2D eigenvalue weighted by Crippen LogP contribution is -2.57. The number of benzene rings is 2. The number of hydrogen-bond donors (Lipinski definition) is 3. The number of likely N-dealkylation sites (tertiary alicyclic amines) is 1. The second-order valence-electron chi connectivity index (χ2n) is 10.8. The smallest absolute Gasteiger partial charge is 0.480 e. The van der Waals surface area contributed by atoms with Crippen molar-refractivity contribution >= 4 is 28.7 Å². The van der Waals surface area contributed by atoms with Gasteiger partial charge in [-0.1, -0.05) is 62.2 Å². The van der Waals surface area contributed by atoms with Crippen LogP contribution in [0.4, 0.5) is 13.2 Å². The highest BCUT2D eigenvalue weighted by Crippen LogP contribution is 2.50. The Morgan fingerprint density at radius 3 is 2.60 bits per heavy atom. The average molecular weight is 584 g/mol. The number of fused-ring (bicyclic) bond motifs is 2. The van der Waals surface area contributed by atoms with Crippen LogP contribution in [0.25, 0.3) is 10.9 Å². The maximum atomic E-state index is 13.9. The highest BCUT2D eigenvalue weighted by Gasteiger charge is 2.68. The number of para-hydroxylation sites is 1. The molecule has 5 rings (SSSR count). The Morgan fingerprint density at radius 2 is 1.86 bits per heavy atom. The molecule has 0 saturated carbocycles. The SMILES string of the molecule is CCCCC=CCCN1C(=O)C2C(c3cccc(OC(F)(F)F)c3)NC(Cc3c[nH]c4ccccc34)(C(=O)O)C2C1=O. The molecule has 0 bridgehead atoms. The number of aromatic amines is 1. The van der Waals surface area contributed by atoms with Crippen molar-refractivity contribution in [1.29, 1.82) is 0 Å². The molecule has 2 aromatic carbocycles. The molecular formula is C31H32F3N3O5. The second-order valence-corrected chi connectivity index (χ2v) is 10.8. The number of carbonyl (C=O) groups is 3. The van der Waals surface area contributed by atoms with Crippen molar-refractivity contribution < 1.29 is 37.4 Å². The fourth-order valence-electron chi connectivity index (χ4n) is 6.25. The maximum absolute atomic E-state index is 13.9. The monoisotopic (exact) mass is 583 g/mol. The third-order valence-electron chi connectivity index (χ3n) is 8.13. The van der Waals surface area contributed by atoms with Gasteiger partial charge in [-0.2, -0.15) is 0 Å². The van der Waals surface area contributed by atoms with Crippen molar-refractivity contribution in [1.82, 2.24) is 15.2 Å². The Morgan fingerprint density at radius 1 is 1.10 bits per heavy atom. The van der Waals surface area contributed by atoms with Gasteiger partial charge in [-0.05, 0) is 42.2 Å². The van der Waals surface area contributed by atoms with E-state index in [0.717, 1.165) is 47.2 Å². The summed E-state index contributed by atoms with van der Waals surface area (Å²) in [5, 5.41) is 14.5. The van der Waals surface area contributed by atoms with Crippen molar-refractivity contribution in [2.75, 3.05) is 6.54 Å². The molecule has 0 spiro atoms. The molecule has 11 heteroatoms. The number of hydrogen-bond acceptors (Lipinski definition) is 5. The number of carbonyl (C=O) groups excluding carboxylic acids is 2. The molecule has 4 atom stereocenters. The van der Waals surface area contributed by atoms with Gasteiger partial charge in [-0.3, -0.25) is 24.6 Å². The van der Waals surface area contributed by atoms with Crippen LogP contribution in [0.5, 0.6) is 5.75 Å². The number of allylic oxidation sites excluding steroid dienone is 1. The van der Waals surface area contributed by atoms with Gasteiger partial charge in [0, 0.05) is 36.1 Å². The Kier molecular flexibility index (Phi) is 8.14. The number of carboxylic acids is 1. The molecule has 42 heavy (non-hydrogen) atoms. The van der Waals surface area contributed by atoms with E-state index in [9.17, 15) is 32.7 Å². The minimum atomic E-state index is -4.94. The Bertz CT molecular complexity index is 1520. The van der Waals surface area contributed by atoms with Gasteiger partial charge in [0.25, 0.3) is 0 Å². The molecule has 2 fully saturated rings. The lowest BCUT2D eigenvalue weighted by atomic mass is 9.76. The third kappa shape index (κ3) is 5.53. The summed E-state index contributed by atoms with van der Waals surface area (Å²) in [4.78, 5) is 45.1. The number of imide groups is 1. The summed E-state index contributed by atoms with van der Waals surface area (Å²) >= 11 is 0. The van der Waals surface area contributed by atoms with Gasteiger partial charge in [-0.15, -0.1) is 13.2 Å². The molecule has 2 aliphatic rings. The molecule has 2 aliphatic heterocycles. The fourth-order valence-corrected chi connectivity index (χ4v) is 6.25. The van der Waals surface area contributed by atoms with Crippen LogP contribution in [-0.2, 0) is 20.8 Å². The van der Waals surface area contributed by atoms with Gasteiger partial charge in [0.05, 0.1) is 11.8 Å². The van der Waals surface area contributed by atoms with Crippen molar-refractivity contribution in [3.8, 4) is 5.75 Å². The first kappa shape index (κ1) is 29.4. The predicted octanol–water partition coefficient (Wildman–Crippen LogP) is 5.51. The number of H-pyrrole nitrogens is 1. The van der Waals surface area contributed by atoms with Crippen LogP contribution in [0.1, 0.15) is 49.8 Å². The minimum absolute atomic E-state index is 0.0834. The summed E-state index contributed by atoms with van der Waals surface area (Å²) in [6.45, 7) is 2.16. The van der Waals surface area contributed by atoms with E-state index < -0.39 is 53.3 Å². The zero-order valence-electron chi connectivity index (χ0n) is 23.0. The van der Waals surface area contributed by atoms with Gasteiger partial charge < -0.3 is 14.8 Å². The summed E-state index contributed by atoms with van der Waals surface area (Å²) in [5.41, 5.74) is -0.274. The Hall–Kier alpha value is -4.12. The van der Waals surface area contributed by atoms with E-state index in [1.165, 1.54) is 12.1 Å². The molecule has 1 aromatic heterocycles. The third-order valence-corrected chi connectivity index (χ3v) is 8.13. The lowest BCUT2D eigenvalue weighted by Gasteiger charge is -2.31. The van der Waals surface area contributed by atoms with Crippen molar-refractivity contribution in [2.45, 2.75) is 57.0 Å². The minimum Gasteiger partial charge on any atom is -0.480 e. The summed E-state index contributed by atoms with van der Waals surface area (Å²) in [6.07, 6.45) is 3.83. The number of ether oxygens (including phenoxy) is 1. The molecule has 4 unspecified atom stereocenters. The van der Waals surface area contributed by atoms with Crippen LogP contribution < -0.4 is 10.1 Å². The van der Waals surface area contributed by atoms with E-state index in [0.29, 0.717) is 12.0 Å². The second kappa shape index (κ2) is 11.6. The molecule has 8 nitrogen and oxygen atoms in total. The number of nitrogens with one attached hydrogen (secondary N) is 2. The molecule has 2 amide bonds. The Balaban J connectivity index is 1.54. The van der Waals surface area contributed by atoms with Crippen LogP contribution in [-0.4, -0.2) is 51.2 Å².